The van der Waals surface area contributed by atoms with Crippen LogP contribution in [0.25, 0.3) is 0 Å². The number of carbonyl (C=O) groups excluding carboxylic acids is 2. The minimum atomic E-state index is -0.231. The summed E-state index contributed by atoms with van der Waals surface area (Å²) in [5, 5.41) is 0.535. The zero-order chi connectivity index (χ0) is 13.1. The van der Waals surface area contributed by atoms with E-state index in [4.69, 9.17) is 11.6 Å². The van der Waals surface area contributed by atoms with E-state index in [1.54, 1.807) is 29.2 Å². The SMILES string of the molecule is O=C1[C@@H]2[C@@H]3CC[C@@H](C3)N2C(=O)N1c1cccc(Cl)c1. The van der Waals surface area contributed by atoms with E-state index >= 15 is 0 Å². The van der Waals surface area contributed by atoms with E-state index in [0.717, 1.165) is 19.3 Å². The number of halogens is 1. The largest absolute Gasteiger partial charge is 0.332 e. The Morgan fingerprint density at radius 3 is 2.79 bits per heavy atom. The van der Waals surface area contributed by atoms with Gasteiger partial charge in [0.1, 0.15) is 6.04 Å². The van der Waals surface area contributed by atoms with Crippen LogP contribution in [-0.2, 0) is 4.79 Å². The minimum absolute atomic E-state index is 0.0838. The third-order valence-corrected chi connectivity index (χ3v) is 4.77. The van der Waals surface area contributed by atoms with Crippen LogP contribution >= 0.6 is 11.6 Å². The number of amides is 3. The lowest BCUT2D eigenvalue weighted by atomic mass is 9.99. The number of rotatable bonds is 1. The molecule has 3 fully saturated rings. The van der Waals surface area contributed by atoms with Crippen LogP contribution in [0.5, 0.6) is 0 Å². The van der Waals surface area contributed by atoms with Gasteiger partial charge < -0.3 is 4.90 Å². The predicted molar refractivity (Wildman–Crippen MR) is 71.1 cm³/mol. The minimum Gasteiger partial charge on any atom is -0.309 e. The first-order valence-corrected chi connectivity index (χ1v) is 6.96. The Morgan fingerprint density at radius 2 is 2.05 bits per heavy atom. The van der Waals surface area contributed by atoms with E-state index in [-0.39, 0.29) is 24.0 Å². The number of hydrogen-bond acceptors (Lipinski definition) is 2. The maximum absolute atomic E-state index is 12.5. The Kier molecular flexibility index (Phi) is 2.22. The van der Waals surface area contributed by atoms with E-state index in [9.17, 15) is 9.59 Å². The third kappa shape index (κ3) is 1.40. The molecule has 0 N–H and O–H groups in total. The number of anilines is 1. The van der Waals surface area contributed by atoms with Crippen molar-refractivity contribution >= 4 is 29.2 Å². The van der Waals surface area contributed by atoms with Gasteiger partial charge in [0.2, 0.25) is 0 Å². The molecule has 1 saturated carbocycles. The molecule has 3 atom stereocenters. The number of benzene rings is 1. The van der Waals surface area contributed by atoms with Crippen molar-refractivity contribution in [2.75, 3.05) is 4.90 Å². The first-order valence-electron chi connectivity index (χ1n) is 6.58. The lowest BCUT2D eigenvalue weighted by Crippen LogP contribution is -2.40. The van der Waals surface area contributed by atoms with Crippen molar-refractivity contribution in [3.8, 4) is 0 Å². The van der Waals surface area contributed by atoms with Gasteiger partial charge in [-0.1, -0.05) is 17.7 Å². The Hall–Kier alpha value is -1.55. The molecule has 98 valence electrons. The average molecular weight is 277 g/mol. The molecular formula is C14H13ClN2O2. The van der Waals surface area contributed by atoms with E-state index in [0.29, 0.717) is 16.6 Å². The number of fused-ring (bicyclic) bond motifs is 5. The Morgan fingerprint density at radius 1 is 1.21 bits per heavy atom. The number of nitrogens with zero attached hydrogens (tertiary/aromatic N) is 2. The van der Waals surface area contributed by atoms with Gasteiger partial charge in [0.15, 0.2) is 0 Å². The molecule has 4 rings (SSSR count). The summed E-state index contributed by atoms with van der Waals surface area (Å²) in [6.45, 7) is 0. The van der Waals surface area contributed by atoms with Crippen LogP contribution in [0.2, 0.25) is 5.02 Å². The Balaban J connectivity index is 1.75. The molecule has 0 spiro atoms. The summed E-state index contributed by atoms with van der Waals surface area (Å²) in [5.74, 6) is 0.269. The molecule has 1 aliphatic carbocycles. The highest BCUT2D eigenvalue weighted by molar-refractivity contribution is 6.31. The van der Waals surface area contributed by atoms with Gasteiger partial charge in [0, 0.05) is 11.1 Å². The summed E-state index contributed by atoms with van der Waals surface area (Å²) < 4.78 is 0. The molecular weight excluding hydrogens is 264 g/mol. The molecule has 4 nitrogen and oxygen atoms in total. The van der Waals surface area contributed by atoms with Crippen LogP contribution in [0.1, 0.15) is 19.3 Å². The quantitative estimate of drug-likeness (QED) is 0.740. The van der Waals surface area contributed by atoms with Crippen LogP contribution in [0, 0.1) is 5.92 Å². The standard InChI is InChI=1S/C14H13ClN2O2/c15-9-2-1-3-10(7-9)17-13(18)12-8-4-5-11(6-8)16(12)14(17)19/h1-3,7-8,11-12H,4-6H2/t8-,11+,12+/m1/s1. The topological polar surface area (TPSA) is 40.6 Å². The maximum Gasteiger partial charge on any atom is 0.332 e. The Labute approximate surface area is 115 Å². The number of urea groups is 1. The summed E-state index contributed by atoms with van der Waals surface area (Å²) >= 11 is 5.95. The van der Waals surface area contributed by atoms with Gasteiger partial charge in [-0.25, -0.2) is 9.69 Å². The molecule has 2 aliphatic heterocycles. The van der Waals surface area contributed by atoms with E-state index < -0.39 is 0 Å². The van der Waals surface area contributed by atoms with Gasteiger partial charge in [-0.15, -0.1) is 0 Å². The molecule has 0 aromatic heterocycles. The molecule has 1 aromatic carbocycles. The van der Waals surface area contributed by atoms with E-state index in [1.165, 1.54) is 4.90 Å². The van der Waals surface area contributed by atoms with Crippen LogP contribution in [0.3, 0.4) is 0 Å². The average Bonchev–Trinajstić information content (AvgIpc) is 3.04. The smallest absolute Gasteiger partial charge is 0.309 e. The van der Waals surface area contributed by atoms with Crippen molar-refractivity contribution in [1.29, 1.82) is 0 Å². The molecule has 2 saturated heterocycles. The second kappa shape index (κ2) is 3.73. The molecule has 2 bridgehead atoms. The lowest BCUT2D eigenvalue weighted by molar-refractivity contribution is -0.120. The first kappa shape index (κ1) is 11.3. The zero-order valence-corrected chi connectivity index (χ0v) is 11.0. The van der Waals surface area contributed by atoms with Crippen molar-refractivity contribution in [3.05, 3.63) is 29.3 Å². The van der Waals surface area contributed by atoms with E-state index in [1.807, 2.05) is 0 Å². The second-order valence-corrected chi connectivity index (χ2v) is 5.95. The van der Waals surface area contributed by atoms with E-state index in [2.05, 4.69) is 0 Å². The van der Waals surface area contributed by atoms with Crippen molar-refractivity contribution in [2.45, 2.75) is 31.3 Å². The lowest BCUT2D eigenvalue weighted by Gasteiger charge is -2.25. The summed E-state index contributed by atoms with van der Waals surface area (Å²) in [7, 11) is 0. The third-order valence-electron chi connectivity index (χ3n) is 4.54. The first-order chi connectivity index (χ1) is 9.16. The molecule has 0 radical (unpaired) electrons. The van der Waals surface area contributed by atoms with Crippen molar-refractivity contribution in [3.63, 3.8) is 0 Å². The van der Waals surface area contributed by atoms with Gasteiger partial charge in [-0.2, -0.15) is 0 Å². The fourth-order valence-corrected chi connectivity index (χ4v) is 3.96. The molecule has 0 unspecified atom stereocenters. The van der Waals surface area contributed by atoms with Crippen LogP contribution in [-0.4, -0.2) is 28.9 Å². The fourth-order valence-electron chi connectivity index (χ4n) is 3.78. The van der Waals surface area contributed by atoms with Crippen LogP contribution in [0.15, 0.2) is 24.3 Å². The van der Waals surface area contributed by atoms with Crippen molar-refractivity contribution in [1.82, 2.24) is 4.90 Å². The normalized spacial score (nSPS) is 32.4. The molecule has 5 heteroatoms. The maximum atomic E-state index is 12.5. The van der Waals surface area contributed by atoms with Crippen LogP contribution < -0.4 is 4.90 Å². The molecule has 3 amide bonds. The molecule has 3 aliphatic rings. The van der Waals surface area contributed by atoms with Gasteiger partial charge in [-0.05, 0) is 43.4 Å². The summed E-state index contributed by atoms with van der Waals surface area (Å²) in [6, 6.07) is 6.77. The zero-order valence-electron chi connectivity index (χ0n) is 10.3. The fraction of sp³-hybridized carbons (Fsp3) is 0.429. The highest BCUT2D eigenvalue weighted by Crippen LogP contribution is 2.47. The molecule has 19 heavy (non-hydrogen) atoms. The highest BCUT2D eigenvalue weighted by Gasteiger charge is 2.59. The number of imide groups is 1. The molecule has 2 heterocycles. The monoisotopic (exact) mass is 276 g/mol. The van der Waals surface area contributed by atoms with Crippen molar-refractivity contribution in [2.24, 2.45) is 5.92 Å². The second-order valence-electron chi connectivity index (χ2n) is 5.52. The molecule has 1 aromatic rings. The number of piperidine rings is 1. The number of carbonyl (C=O) groups is 2. The predicted octanol–water partition coefficient (Wildman–Crippen LogP) is 2.66. The van der Waals surface area contributed by atoms with Gasteiger partial charge in [0.05, 0.1) is 5.69 Å². The summed E-state index contributed by atoms with van der Waals surface area (Å²) in [6.07, 6.45) is 3.09. The van der Waals surface area contributed by atoms with Gasteiger partial charge in [-0.3, -0.25) is 4.79 Å². The van der Waals surface area contributed by atoms with Gasteiger partial charge in [0.25, 0.3) is 5.91 Å². The highest BCUT2D eigenvalue weighted by atomic mass is 35.5. The summed E-state index contributed by atoms with van der Waals surface area (Å²) in [5.41, 5.74) is 0.580. The summed E-state index contributed by atoms with van der Waals surface area (Å²) in [4.78, 5) is 28.1. The Bertz CT molecular complexity index is 561. The van der Waals surface area contributed by atoms with Crippen LogP contribution in [0.4, 0.5) is 10.5 Å². The number of hydrogen-bond donors (Lipinski definition) is 0. The van der Waals surface area contributed by atoms with Crippen molar-refractivity contribution < 1.29 is 9.59 Å². The van der Waals surface area contributed by atoms with Gasteiger partial charge >= 0.3 is 6.03 Å².